The van der Waals surface area contributed by atoms with Crippen molar-refractivity contribution >= 4 is 0 Å². The van der Waals surface area contributed by atoms with Gasteiger partial charge in [-0.1, -0.05) is 0 Å². The van der Waals surface area contributed by atoms with Crippen LogP contribution in [0.3, 0.4) is 0 Å². The van der Waals surface area contributed by atoms with Crippen LogP contribution in [0, 0.1) is 0 Å². The van der Waals surface area contributed by atoms with Gasteiger partial charge in [0.05, 0.1) is 0 Å². The summed E-state index contributed by atoms with van der Waals surface area (Å²) in [6, 6.07) is 0.686. The van der Waals surface area contributed by atoms with Gasteiger partial charge in [0.25, 0.3) is 0 Å². The molecule has 0 amide bonds. The molecule has 0 saturated heterocycles. The molecule has 0 aliphatic heterocycles. The molecular weight excluding hydrogens is 190 g/mol. The summed E-state index contributed by atoms with van der Waals surface area (Å²) < 4.78 is 0. The molecule has 0 fully saturated rings. The third-order valence-electron chi connectivity index (χ3n) is 2.22. The zero-order valence-corrected chi connectivity index (χ0v) is 10.2. The van der Waals surface area contributed by atoms with Gasteiger partial charge in [0, 0.05) is 44.3 Å². The van der Waals surface area contributed by atoms with E-state index in [1.165, 1.54) is 0 Å². The molecule has 0 radical (unpaired) electrons. The van der Waals surface area contributed by atoms with E-state index in [1.807, 2.05) is 6.92 Å². The van der Waals surface area contributed by atoms with Crippen molar-refractivity contribution in [3.8, 4) is 0 Å². The largest absolute Gasteiger partial charge is 0.329 e. The maximum absolute atomic E-state index is 5.76. The minimum Gasteiger partial charge on any atom is -0.329 e. The first kappa shape index (κ1) is 14.8. The van der Waals surface area contributed by atoms with Crippen LogP contribution >= 0.6 is 0 Å². The van der Waals surface area contributed by atoms with Crippen molar-refractivity contribution in [2.75, 3.05) is 33.2 Å². The van der Waals surface area contributed by atoms with Crippen LogP contribution < -0.4 is 22.5 Å². The van der Waals surface area contributed by atoms with E-state index in [-0.39, 0.29) is 12.1 Å². The molecule has 0 spiro atoms. The summed E-state index contributed by atoms with van der Waals surface area (Å²) in [4.78, 5) is 2.19. The van der Waals surface area contributed by atoms with Gasteiger partial charge in [0.15, 0.2) is 0 Å². The summed E-state index contributed by atoms with van der Waals surface area (Å²) in [5.41, 5.74) is 16.9. The first-order chi connectivity index (χ1) is 6.95. The van der Waals surface area contributed by atoms with Gasteiger partial charge < -0.3 is 27.4 Å². The standard InChI is InChI=1S/C10H27N5/c1-8(12)5-14-9(2)6-15(3)7-10(13)4-11/h8-10,14H,4-7,11-13H2,1-3H3. The van der Waals surface area contributed by atoms with Crippen LogP contribution in [0.4, 0.5) is 0 Å². The van der Waals surface area contributed by atoms with Gasteiger partial charge in [-0.25, -0.2) is 0 Å². The Kier molecular flexibility index (Phi) is 7.90. The molecular formula is C10H27N5. The minimum atomic E-state index is 0.0654. The lowest BCUT2D eigenvalue weighted by Crippen LogP contribution is -2.46. The lowest BCUT2D eigenvalue weighted by molar-refractivity contribution is 0.279. The van der Waals surface area contributed by atoms with Crippen LogP contribution in [0.1, 0.15) is 13.8 Å². The number of nitrogens with two attached hydrogens (primary N) is 3. The van der Waals surface area contributed by atoms with E-state index in [4.69, 9.17) is 17.2 Å². The van der Waals surface area contributed by atoms with Gasteiger partial charge in [-0.15, -0.1) is 0 Å². The maximum Gasteiger partial charge on any atom is 0.0292 e. The van der Waals surface area contributed by atoms with Gasteiger partial charge in [0.2, 0.25) is 0 Å². The Bertz CT molecular complexity index is 151. The molecule has 0 saturated carbocycles. The average molecular weight is 217 g/mol. The van der Waals surface area contributed by atoms with Gasteiger partial charge >= 0.3 is 0 Å². The molecule has 0 bridgehead atoms. The van der Waals surface area contributed by atoms with Crippen LogP contribution in [-0.4, -0.2) is 56.3 Å². The quantitative estimate of drug-likeness (QED) is 0.398. The summed E-state index contributed by atoms with van der Waals surface area (Å²) in [7, 11) is 2.06. The van der Waals surface area contributed by atoms with E-state index >= 15 is 0 Å². The van der Waals surface area contributed by atoms with Crippen molar-refractivity contribution in [2.24, 2.45) is 17.2 Å². The van der Waals surface area contributed by atoms with Gasteiger partial charge in [-0.3, -0.25) is 0 Å². The second-order valence-electron chi connectivity index (χ2n) is 4.50. The Balaban J connectivity index is 3.61. The summed E-state index contributed by atoms with van der Waals surface area (Å²) in [6.07, 6.45) is 0. The molecule has 0 aromatic rings. The number of hydrogen-bond acceptors (Lipinski definition) is 5. The Labute approximate surface area is 93.4 Å². The van der Waals surface area contributed by atoms with Crippen molar-refractivity contribution in [2.45, 2.75) is 32.0 Å². The van der Waals surface area contributed by atoms with Gasteiger partial charge in [-0.05, 0) is 20.9 Å². The predicted octanol–water partition coefficient (Wildman–Crippen LogP) is -1.47. The highest BCUT2D eigenvalue weighted by Crippen LogP contribution is 1.90. The van der Waals surface area contributed by atoms with E-state index in [1.54, 1.807) is 0 Å². The molecule has 7 N–H and O–H groups in total. The second kappa shape index (κ2) is 8.01. The van der Waals surface area contributed by atoms with E-state index in [9.17, 15) is 0 Å². The van der Waals surface area contributed by atoms with Crippen molar-refractivity contribution in [3.05, 3.63) is 0 Å². The molecule has 0 heterocycles. The van der Waals surface area contributed by atoms with Crippen molar-refractivity contribution in [1.29, 1.82) is 0 Å². The molecule has 3 atom stereocenters. The number of nitrogens with one attached hydrogen (secondary N) is 1. The fraction of sp³-hybridized carbons (Fsp3) is 1.00. The van der Waals surface area contributed by atoms with E-state index in [0.29, 0.717) is 12.6 Å². The highest BCUT2D eigenvalue weighted by atomic mass is 15.1. The monoisotopic (exact) mass is 217 g/mol. The van der Waals surface area contributed by atoms with Crippen molar-refractivity contribution in [3.63, 3.8) is 0 Å². The van der Waals surface area contributed by atoms with Crippen LogP contribution in [0.15, 0.2) is 0 Å². The molecule has 0 aromatic carbocycles. The first-order valence-electron chi connectivity index (χ1n) is 5.58. The Morgan fingerprint density at radius 2 is 1.80 bits per heavy atom. The van der Waals surface area contributed by atoms with Crippen LogP contribution in [0.25, 0.3) is 0 Å². The fourth-order valence-corrected chi connectivity index (χ4v) is 1.47. The number of hydrogen-bond donors (Lipinski definition) is 4. The normalized spacial score (nSPS) is 17.8. The molecule has 5 heteroatoms. The Morgan fingerprint density at radius 3 is 2.27 bits per heavy atom. The maximum atomic E-state index is 5.76. The molecule has 92 valence electrons. The Morgan fingerprint density at radius 1 is 1.20 bits per heavy atom. The smallest absolute Gasteiger partial charge is 0.0292 e. The third-order valence-corrected chi connectivity index (χ3v) is 2.22. The molecule has 0 aliphatic carbocycles. The van der Waals surface area contributed by atoms with Crippen molar-refractivity contribution in [1.82, 2.24) is 10.2 Å². The molecule has 0 rings (SSSR count). The number of likely N-dealkylation sites (N-methyl/N-ethyl adjacent to an activating group) is 1. The van der Waals surface area contributed by atoms with Crippen LogP contribution in [0.2, 0.25) is 0 Å². The molecule has 5 nitrogen and oxygen atoms in total. The topological polar surface area (TPSA) is 93.3 Å². The van der Waals surface area contributed by atoms with Gasteiger partial charge in [-0.2, -0.15) is 0 Å². The average Bonchev–Trinajstić information content (AvgIpc) is 2.14. The Hall–Kier alpha value is -0.200. The highest BCUT2D eigenvalue weighted by molar-refractivity contribution is 4.72. The van der Waals surface area contributed by atoms with Crippen LogP contribution in [-0.2, 0) is 0 Å². The minimum absolute atomic E-state index is 0.0654. The zero-order chi connectivity index (χ0) is 11.8. The highest BCUT2D eigenvalue weighted by Gasteiger charge is 2.09. The fourth-order valence-electron chi connectivity index (χ4n) is 1.47. The summed E-state index contributed by atoms with van der Waals surface area (Å²) in [5.74, 6) is 0. The lowest BCUT2D eigenvalue weighted by atomic mass is 10.2. The zero-order valence-electron chi connectivity index (χ0n) is 10.2. The summed E-state index contributed by atoms with van der Waals surface area (Å²) >= 11 is 0. The molecule has 15 heavy (non-hydrogen) atoms. The molecule has 0 aromatic heterocycles. The SMILES string of the molecule is CC(N)CNC(C)CN(C)CC(N)CN. The predicted molar refractivity (Wildman–Crippen MR) is 65.6 cm³/mol. The summed E-state index contributed by atoms with van der Waals surface area (Å²) in [6.45, 7) is 7.31. The third kappa shape index (κ3) is 8.77. The van der Waals surface area contributed by atoms with E-state index in [2.05, 4.69) is 24.2 Å². The molecule has 0 aliphatic rings. The van der Waals surface area contributed by atoms with Crippen molar-refractivity contribution < 1.29 is 0 Å². The van der Waals surface area contributed by atoms with E-state index < -0.39 is 0 Å². The summed E-state index contributed by atoms with van der Waals surface area (Å²) in [5, 5.41) is 3.37. The van der Waals surface area contributed by atoms with Crippen LogP contribution in [0.5, 0.6) is 0 Å². The first-order valence-corrected chi connectivity index (χ1v) is 5.58. The molecule has 3 unspecified atom stereocenters. The van der Waals surface area contributed by atoms with E-state index in [0.717, 1.165) is 19.6 Å². The number of nitrogens with zero attached hydrogens (tertiary/aromatic N) is 1. The number of rotatable bonds is 8. The lowest BCUT2D eigenvalue weighted by Gasteiger charge is -2.24. The van der Waals surface area contributed by atoms with Gasteiger partial charge in [0.1, 0.15) is 0 Å². The second-order valence-corrected chi connectivity index (χ2v) is 4.50.